The summed E-state index contributed by atoms with van der Waals surface area (Å²) in [6.45, 7) is 0. The van der Waals surface area contributed by atoms with Gasteiger partial charge in [0.2, 0.25) is 0 Å². The average Bonchev–Trinajstić information content (AvgIpc) is 2.68. The Morgan fingerprint density at radius 2 is 1.71 bits per heavy atom. The van der Waals surface area contributed by atoms with Gasteiger partial charge in [-0.05, 0) is 22.4 Å². The molecule has 1 aliphatic rings. The predicted octanol–water partition coefficient (Wildman–Crippen LogP) is 1.72. The standard InChI is InChI=1S/C13H10N2O2/c16-12-11(14-13(17)15-12)10-6-5-8-3-1-2-4-9(8)7-10/h1-7,11H,(H2,14,15,16,17)/t11-/m1/s1. The fraction of sp³-hybridized carbons (Fsp3) is 0.0769. The lowest BCUT2D eigenvalue weighted by Gasteiger charge is -2.08. The van der Waals surface area contributed by atoms with Crippen LogP contribution < -0.4 is 10.6 Å². The SMILES string of the molecule is O=C1NC(=O)[C@@H](c2ccc3ccccc3c2)N1. The molecule has 0 spiro atoms. The van der Waals surface area contributed by atoms with Crippen LogP contribution in [-0.4, -0.2) is 11.9 Å². The van der Waals surface area contributed by atoms with E-state index in [2.05, 4.69) is 10.6 Å². The molecule has 1 atom stereocenters. The minimum Gasteiger partial charge on any atom is -0.322 e. The summed E-state index contributed by atoms with van der Waals surface area (Å²) in [7, 11) is 0. The summed E-state index contributed by atoms with van der Waals surface area (Å²) in [4.78, 5) is 22.6. The van der Waals surface area contributed by atoms with E-state index in [9.17, 15) is 9.59 Å². The number of carbonyl (C=O) groups excluding carboxylic acids is 2. The Kier molecular flexibility index (Phi) is 2.08. The van der Waals surface area contributed by atoms with E-state index in [4.69, 9.17) is 0 Å². The topological polar surface area (TPSA) is 58.2 Å². The summed E-state index contributed by atoms with van der Waals surface area (Å²) in [5.74, 6) is -0.301. The molecule has 1 aliphatic heterocycles. The van der Waals surface area contributed by atoms with Crippen LogP contribution in [0.5, 0.6) is 0 Å². The normalized spacial score (nSPS) is 19.2. The van der Waals surface area contributed by atoms with Crippen molar-refractivity contribution in [1.29, 1.82) is 0 Å². The van der Waals surface area contributed by atoms with Crippen molar-refractivity contribution < 1.29 is 9.59 Å². The zero-order chi connectivity index (χ0) is 11.8. The Bertz CT molecular complexity index is 622. The lowest BCUT2D eigenvalue weighted by atomic mass is 10.0. The van der Waals surface area contributed by atoms with Crippen molar-refractivity contribution >= 4 is 22.7 Å². The van der Waals surface area contributed by atoms with E-state index in [1.54, 1.807) is 0 Å². The van der Waals surface area contributed by atoms with Gasteiger partial charge in [0.25, 0.3) is 5.91 Å². The first-order chi connectivity index (χ1) is 8.24. The second-order valence-electron chi connectivity index (χ2n) is 4.00. The Balaban J connectivity index is 2.06. The Labute approximate surface area is 97.6 Å². The van der Waals surface area contributed by atoms with Crippen LogP contribution in [0.25, 0.3) is 10.8 Å². The van der Waals surface area contributed by atoms with Crippen molar-refractivity contribution in [3.8, 4) is 0 Å². The van der Waals surface area contributed by atoms with Crippen molar-refractivity contribution in [2.24, 2.45) is 0 Å². The molecule has 84 valence electrons. The van der Waals surface area contributed by atoms with Crippen molar-refractivity contribution in [2.45, 2.75) is 6.04 Å². The van der Waals surface area contributed by atoms with E-state index in [0.717, 1.165) is 16.3 Å². The van der Waals surface area contributed by atoms with Crippen LogP contribution in [0.4, 0.5) is 4.79 Å². The van der Waals surface area contributed by atoms with Gasteiger partial charge in [-0.3, -0.25) is 10.1 Å². The third-order valence-corrected chi connectivity index (χ3v) is 2.88. The van der Waals surface area contributed by atoms with Crippen LogP contribution in [0.3, 0.4) is 0 Å². The third-order valence-electron chi connectivity index (χ3n) is 2.88. The molecule has 4 heteroatoms. The maximum Gasteiger partial charge on any atom is 0.322 e. The second kappa shape index (κ2) is 3.59. The van der Waals surface area contributed by atoms with E-state index in [-0.39, 0.29) is 5.91 Å². The van der Waals surface area contributed by atoms with Gasteiger partial charge in [0.05, 0.1) is 0 Å². The highest BCUT2D eigenvalue weighted by Crippen LogP contribution is 2.22. The zero-order valence-electron chi connectivity index (χ0n) is 8.94. The number of rotatable bonds is 1. The van der Waals surface area contributed by atoms with E-state index < -0.39 is 12.1 Å². The lowest BCUT2D eigenvalue weighted by molar-refractivity contribution is -0.120. The van der Waals surface area contributed by atoms with Gasteiger partial charge in [-0.1, -0.05) is 36.4 Å². The fourth-order valence-corrected chi connectivity index (χ4v) is 2.04. The monoisotopic (exact) mass is 226 g/mol. The van der Waals surface area contributed by atoms with Gasteiger partial charge in [0, 0.05) is 0 Å². The lowest BCUT2D eigenvalue weighted by Crippen LogP contribution is -2.22. The van der Waals surface area contributed by atoms with Gasteiger partial charge in [0.1, 0.15) is 6.04 Å². The van der Waals surface area contributed by atoms with Crippen LogP contribution in [-0.2, 0) is 4.79 Å². The number of urea groups is 1. The van der Waals surface area contributed by atoms with Crippen molar-refractivity contribution in [1.82, 2.24) is 10.6 Å². The molecule has 1 saturated heterocycles. The Morgan fingerprint density at radius 1 is 0.941 bits per heavy atom. The van der Waals surface area contributed by atoms with E-state index in [1.807, 2.05) is 42.5 Å². The summed E-state index contributed by atoms with van der Waals surface area (Å²) in [6, 6.07) is 12.6. The molecule has 0 aliphatic carbocycles. The van der Waals surface area contributed by atoms with Gasteiger partial charge >= 0.3 is 6.03 Å². The first-order valence-electron chi connectivity index (χ1n) is 5.34. The number of hydrogen-bond donors (Lipinski definition) is 2. The highest BCUT2D eigenvalue weighted by Gasteiger charge is 2.30. The predicted molar refractivity (Wildman–Crippen MR) is 63.4 cm³/mol. The third kappa shape index (κ3) is 1.63. The first-order valence-corrected chi connectivity index (χ1v) is 5.34. The number of imide groups is 1. The molecule has 2 aromatic rings. The summed E-state index contributed by atoms with van der Waals surface area (Å²) in [5.41, 5.74) is 0.798. The van der Waals surface area contributed by atoms with Gasteiger partial charge < -0.3 is 5.32 Å². The summed E-state index contributed by atoms with van der Waals surface area (Å²) >= 11 is 0. The number of benzene rings is 2. The van der Waals surface area contributed by atoms with Gasteiger partial charge in [0.15, 0.2) is 0 Å². The molecule has 1 heterocycles. The molecule has 2 N–H and O–H groups in total. The molecule has 17 heavy (non-hydrogen) atoms. The zero-order valence-corrected chi connectivity index (χ0v) is 8.94. The molecule has 3 amide bonds. The largest absolute Gasteiger partial charge is 0.322 e. The minimum absolute atomic E-state index is 0.301. The van der Waals surface area contributed by atoms with Crippen LogP contribution >= 0.6 is 0 Å². The number of fused-ring (bicyclic) bond motifs is 1. The molecule has 3 rings (SSSR count). The second-order valence-corrected chi connectivity index (χ2v) is 4.00. The molecule has 0 aromatic heterocycles. The molecule has 0 saturated carbocycles. The molecule has 0 radical (unpaired) electrons. The van der Waals surface area contributed by atoms with E-state index >= 15 is 0 Å². The molecule has 2 aromatic carbocycles. The highest BCUT2D eigenvalue weighted by atomic mass is 16.2. The molecule has 0 unspecified atom stereocenters. The van der Waals surface area contributed by atoms with Gasteiger partial charge in [-0.2, -0.15) is 0 Å². The van der Waals surface area contributed by atoms with Crippen LogP contribution in [0.2, 0.25) is 0 Å². The first kappa shape index (κ1) is 9.84. The molecule has 1 fully saturated rings. The number of carbonyl (C=O) groups is 2. The van der Waals surface area contributed by atoms with Crippen molar-refractivity contribution in [2.75, 3.05) is 0 Å². The van der Waals surface area contributed by atoms with Gasteiger partial charge in [-0.25, -0.2) is 4.79 Å². The minimum atomic E-state index is -0.577. The maximum atomic E-state index is 11.5. The summed E-state index contributed by atoms with van der Waals surface area (Å²) in [6.07, 6.45) is 0. The highest BCUT2D eigenvalue weighted by molar-refractivity contribution is 6.04. The van der Waals surface area contributed by atoms with Crippen LogP contribution in [0, 0.1) is 0 Å². The Hall–Kier alpha value is -2.36. The molecular weight excluding hydrogens is 216 g/mol. The fourth-order valence-electron chi connectivity index (χ4n) is 2.04. The average molecular weight is 226 g/mol. The molecular formula is C13H10N2O2. The number of amides is 3. The van der Waals surface area contributed by atoms with E-state index in [0.29, 0.717) is 0 Å². The van der Waals surface area contributed by atoms with Crippen molar-refractivity contribution in [3.05, 3.63) is 48.0 Å². The smallest absolute Gasteiger partial charge is 0.322 e. The summed E-state index contributed by atoms with van der Waals surface area (Å²) in [5, 5.41) is 6.98. The number of hydrogen-bond acceptors (Lipinski definition) is 2. The summed E-state index contributed by atoms with van der Waals surface area (Å²) < 4.78 is 0. The van der Waals surface area contributed by atoms with E-state index in [1.165, 1.54) is 0 Å². The van der Waals surface area contributed by atoms with Crippen molar-refractivity contribution in [3.63, 3.8) is 0 Å². The molecule has 0 bridgehead atoms. The number of nitrogens with one attached hydrogen (secondary N) is 2. The quantitative estimate of drug-likeness (QED) is 0.727. The van der Waals surface area contributed by atoms with Gasteiger partial charge in [-0.15, -0.1) is 0 Å². The van der Waals surface area contributed by atoms with Crippen LogP contribution in [0.1, 0.15) is 11.6 Å². The van der Waals surface area contributed by atoms with Crippen LogP contribution in [0.15, 0.2) is 42.5 Å². The Morgan fingerprint density at radius 3 is 2.41 bits per heavy atom. The maximum absolute atomic E-state index is 11.5. The molecule has 4 nitrogen and oxygen atoms in total.